The summed E-state index contributed by atoms with van der Waals surface area (Å²) in [6.45, 7) is 6.85. The van der Waals surface area contributed by atoms with Crippen molar-refractivity contribution < 1.29 is 9.47 Å². The van der Waals surface area contributed by atoms with E-state index in [2.05, 4.69) is 32.5 Å². The first-order valence-electron chi connectivity index (χ1n) is 14.4. The molecule has 4 aromatic rings. The van der Waals surface area contributed by atoms with Crippen LogP contribution in [0.5, 0.6) is 11.8 Å². The summed E-state index contributed by atoms with van der Waals surface area (Å²) < 4.78 is 11.2. The quantitative estimate of drug-likeness (QED) is 0.199. The van der Waals surface area contributed by atoms with Crippen molar-refractivity contribution in [1.29, 1.82) is 0 Å². The lowest BCUT2D eigenvalue weighted by molar-refractivity contribution is 0.386. The molecule has 4 heterocycles. The van der Waals surface area contributed by atoms with Crippen LogP contribution in [0.25, 0.3) is 33.6 Å². The summed E-state index contributed by atoms with van der Waals surface area (Å²) in [5.74, 6) is 1.70. The van der Waals surface area contributed by atoms with Crippen LogP contribution in [0.4, 0.5) is 0 Å². The summed E-state index contributed by atoms with van der Waals surface area (Å²) in [6, 6.07) is 15.8. The maximum absolute atomic E-state index is 7.04. The highest BCUT2D eigenvalue weighted by molar-refractivity contribution is 6.39. The molecule has 1 fully saturated rings. The van der Waals surface area contributed by atoms with Gasteiger partial charge in [0.1, 0.15) is 11.5 Å². The summed E-state index contributed by atoms with van der Waals surface area (Å²) in [6.07, 6.45) is 3.80. The van der Waals surface area contributed by atoms with E-state index in [-0.39, 0.29) is 0 Å². The molecule has 0 aliphatic carbocycles. The summed E-state index contributed by atoms with van der Waals surface area (Å²) in [5, 5.41) is 11.1. The smallest absolute Gasteiger partial charge is 0.237 e. The van der Waals surface area contributed by atoms with Gasteiger partial charge in [-0.25, -0.2) is 9.97 Å². The van der Waals surface area contributed by atoms with Gasteiger partial charge in [-0.15, -0.1) is 0 Å². The minimum absolute atomic E-state index is 0.369. The number of methoxy groups -OCH3 is 2. The Hall–Kier alpha value is -4.18. The predicted octanol–water partition coefficient (Wildman–Crippen LogP) is 5.90. The monoisotopic (exact) mass is 629 g/mol. The average Bonchev–Trinajstić information content (AvgIpc) is 3.73. The largest absolute Gasteiger partial charge is 0.480 e. The van der Waals surface area contributed by atoms with Gasteiger partial charge in [-0.3, -0.25) is 9.98 Å². The van der Waals surface area contributed by atoms with Gasteiger partial charge in [0.2, 0.25) is 11.8 Å². The van der Waals surface area contributed by atoms with Crippen molar-refractivity contribution in [2.75, 3.05) is 33.9 Å². The first kappa shape index (κ1) is 29.9. The highest BCUT2D eigenvalue weighted by atomic mass is 35.5. The van der Waals surface area contributed by atoms with Crippen molar-refractivity contribution in [1.82, 2.24) is 30.9 Å². The minimum Gasteiger partial charge on any atom is -0.480 e. The maximum atomic E-state index is 7.04. The molecule has 0 saturated carbocycles. The highest BCUT2D eigenvalue weighted by Gasteiger charge is 2.21. The molecule has 9 nitrogen and oxygen atoms in total. The maximum Gasteiger partial charge on any atom is 0.237 e. The second-order valence-electron chi connectivity index (χ2n) is 10.6. The SMILES string of the molecule is C=C1CC[C@@H](CNCc2ncc(-c3cccc(-c4cccc(-c5ccc(C6=NCCN6)c(OC)n5)c4Cl)c3Cl)nc2OC)N1. The van der Waals surface area contributed by atoms with Crippen LogP contribution in [-0.4, -0.2) is 60.7 Å². The van der Waals surface area contributed by atoms with Gasteiger partial charge in [0.05, 0.1) is 54.0 Å². The van der Waals surface area contributed by atoms with E-state index in [4.69, 9.17) is 42.6 Å². The zero-order valence-electron chi connectivity index (χ0n) is 24.6. The number of ether oxygens (including phenoxy) is 2. The molecule has 0 bridgehead atoms. The Morgan fingerprint density at radius 2 is 1.57 bits per heavy atom. The fraction of sp³-hybridized carbons (Fsp3) is 0.273. The van der Waals surface area contributed by atoms with Gasteiger partial charge in [-0.1, -0.05) is 66.2 Å². The number of hydrogen-bond acceptors (Lipinski definition) is 9. The Kier molecular flexibility index (Phi) is 8.97. The normalized spacial score (nSPS) is 16.0. The lowest BCUT2D eigenvalue weighted by Crippen LogP contribution is -2.33. The van der Waals surface area contributed by atoms with E-state index in [0.717, 1.165) is 77.5 Å². The van der Waals surface area contributed by atoms with Crippen LogP contribution in [0.15, 0.2) is 72.0 Å². The van der Waals surface area contributed by atoms with Crippen LogP contribution in [0, 0.1) is 0 Å². The third kappa shape index (κ3) is 6.08. The molecule has 2 aliphatic heterocycles. The number of aliphatic imine (C=N–C) groups is 1. The van der Waals surface area contributed by atoms with Crippen molar-refractivity contribution in [3.05, 3.63) is 88.3 Å². The molecule has 3 N–H and O–H groups in total. The van der Waals surface area contributed by atoms with Crippen LogP contribution in [-0.2, 0) is 6.54 Å². The summed E-state index contributed by atoms with van der Waals surface area (Å²) in [7, 11) is 3.19. The van der Waals surface area contributed by atoms with E-state index in [9.17, 15) is 0 Å². The first-order valence-corrected chi connectivity index (χ1v) is 15.2. The molecular weight excluding hydrogens is 597 g/mol. The number of benzene rings is 2. The topological polar surface area (TPSA) is 106 Å². The number of hydrogen-bond donors (Lipinski definition) is 3. The fourth-order valence-electron chi connectivity index (χ4n) is 5.49. The van der Waals surface area contributed by atoms with Gasteiger partial charge < -0.3 is 25.4 Å². The van der Waals surface area contributed by atoms with Crippen LogP contribution in [0.3, 0.4) is 0 Å². The van der Waals surface area contributed by atoms with Gasteiger partial charge in [0.25, 0.3) is 0 Å². The molecule has 0 unspecified atom stereocenters. The molecule has 0 spiro atoms. The number of rotatable bonds is 10. The first-order chi connectivity index (χ1) is 21.5. The minimum atomic E-state index is 0.369. The molecule has 2 aromatic heterocycles. The fourth-order valence-corrected chi connectivity index (χ4v) is 6.14. The second-order valence-corrected chi connectivity index (χ2v) is 11.3. The lowest BCUT2D eigenvalue weighted by Gasteiger charge is -2.15. The molecular formula is C33H33Cl2N7O2. The van der Waals surface area contributed by atoms with Crippen molar-refractivity contribution in [3.63, 3.8) is 0 Å². The van der Waals surface area contributed by atoms with Crippen molar-refractivity contribution in [2.45, 2.75) is 25.4 Å². The van der Waals surface area contributed by atoms with E-state index in [1.165, 1.54) is 0 Å². The van der Waals surface area contributed by atoms with E-state index in [1.807, 2.05) is 48.5 Å². The summed E-state index contributed by atoms with van der Waals surface area (Å²) >= 11 is 14.1. The van der Waals surface area contributed by atoms with E-state index < -0.39 is 0 Å². The molecule has 1 atom stereocenters. The second kappa shape index (κ2) is 13.2. The molecule has 6 rings (SSSR count). The number of nitrogens with zero attached hydrogens (tertiary/aromatic N) is 4. The van der Waals surface area contributed by atoms with Crippen molar-refractivity contribution in [2.24, 2.45) is 4.99 Å². The molecule has 1 saturated heterocycles. The van der Waals surface area contributed by atoms with Gasteiger partial charge in [-0.2, -0.15) is 0 Å². The molecule has 2 aliphatic rings. The third-order valence-corrected chi connectivity index (χ3v) is 8.53. The van der Waals surface area contributed by atoms with E-state index in [0.29, 0.717) is 45.8 Å². The molecule has 226 valence electrons. The number of pyridine rings is 1. The van der Waals surface area contributed by atoms with Crippen molar-refractivity contribution in [3.8, 4) is 45.4 Å². The Bertz CT molecular complexity index is 1740. The lowest BCUT2D eigenvalue weighted by atomic mass is 9.98. The van der Waals surface area contributed by atoms with Gasteiger partial charge >= 0.3 is 0 Å². The number of allylic oxidation sites excluding steroid dienone is 1. The summed E-state index contributed by atoms with van der Waals surface area (Å²) in [5.41, 5.74) is 6.91. The Morgan fingerprint density at radius 3 is 2.20 bits per heavy atom. The molecule has 2 aromatic carbocycles. The average molecular weight is 631 g/mol. The van der Waals surface area contributed by atoms with Crippen LogP contribution < -0.4 is 25.4 Å². The zero-order valence-corrected chi connectivity index (χ0v) is 26.1. The Labute approximate surface area is 266 Å². The standard InChI is InChI=1S/C33H33Cl2N7O2/c1-19-10-11-20(40-19)16-36-17-28-33(44-3)42-27(18-39-28)24-9-5-7-22(30(24)35)21-6-4-8-23(29(21)34)26-13-12-25(32(41-26)43-2)31-37-14-15-38-31/h4-9,12-13,18,20,36,40H,1,10-11,14-17H2,2-3H3,(H,37,38)/t20-/m0/s1. The van der Waals surface area contributed by atoms with E-state index >= 15 is 0 Å². The van der Waals surface area contributed by atoms with Gasteiger partial charge in [-0.05, 0) is 25.0 Å². The Morgan fingerprint density at radius 1 is 0.886 bits per heavy atom. The zero-order chi connectivity index (χ0) is 30.6. The van der Waals surface area contributed by atoms with Gasteiger partial charge in [0.15, 0.2) is 0 Å². The molecule has 0 amide bonds. The number of nitrogens with one attached hydrogen (secondary N) is 3. The van der Waals surface area contributed by atoms with E-state index in [1.54, 1.807) is 20.4 Å². The van der Waals surface area contributed by atoms with Gasteiger partial charge in [0, 0.05) is 53.6 Å². The molecule has 0 radical (unpaired) electrons. The van der Waals surface area contributed by atoms with Crippen LogP contribution in [0.2, 0.25) is 10.0 Å². The van der Waals surface area contributed by atoms with Crippen LogP contribution >= 0.6 is 23.2 Å². The number of halogens is 2. The number of aromatic nitrogens is 3. The Balaban J connectivity index is 1.27. The highest BCUT2D eigenvalue weighted by Crippen LogP contribution is 2.42. The summed E-state index contributed by atoms with van der Waals surface area (Å²) in [4.78, 5) is 18.7. The third-order valence-electron chi connectivity index (χ3n) is 7.71. The number of amidine groups is 1. The van der Waals surface area contributed by atoms with Crippen LogP contribution in [0.1, 0.15) is 24.1 Å². The van der Waals surface area contributed by atoms with Crippen molar-refractivity contribution >= 4 is 29.0 Å². The molecule has 44 heavy (non-hydrogen) atoms. The molecule has 11 heteroatoms. The predicted molar refractivity (Wildman–Crippen MR) is 176 cm³/mol.